The first-order valence-electron chi connectivity index (χ1n) is 8.65. The molecule has 1 amide bonds. The highest BCUT2D eigenvalue weighted by Crippen LogP contribution is 2.26. The Kier molecular flexibility index (Phi) is 5.19. The number of hydrogen-bond acceptors (Lipinski definition) is 3. The van der Waals surface area contributed by atoms with Crippen LogP contribution in [0.3, 0.4) is 0 Å². The molecule has 2 aromatic rings. The summed E-state index contributed by atoms with van der Waals surface area (Å²) in [4.78, 5) is 29.1. The Balaban J connectivity index is 1.87. The van der Waals surface area contributed by atoms with E-state index >= 15 is 0 Å². The summed E-state index contributed by atoms with van der Waals surface area (Å²) in [6.45, 7) is 4.15. The molecule has 0 spiro atoms. The van der Waals surface area contributed by atoms with Crippen LogP contribution in [0.4, 0.5) is 0 Å². The van der Waals surface area contributed by atoms with Gasteiger partial charge in [0.2, 0.25) is 0 Å². The second-order valence-electron chi connectivity index (χ2n) is 6.79. The molecule has 24 heavy (non-hydrogen) atoms. The molecule has 0 unspecified atom stereocenters. The van der Waals surface area contributed by atoms with Gasteiger partial charge in [-0.25, -0.2) is 0 Å². The van der Waals surface area contributed by atoms with Crippen LogP contribution in [0.2, 0.25) is 0 Å². The Morgan fingerprint density at radius 1 is 1.25 bits per heavy atom. The smallest absolute Gasteiger partial charge is 0.261 e. The van der Waals surface area contributed by atoms with E-state index in [1.807, 2.05) is 17.5 Å². The first-order valence-corrected chi connectivity index (χ1v) is 9.53. The molecule has 0 radical (unpaired) electrons. The van der Waals surface area contributed by atoms with E-state index in [1.165, 1.54) is 6.42 Å². The fourth-order valence-corrected chi connectivity index (χ4v) is 4.22. The molecule has 5 heteroatoms. The van der Waals surface area contributed by atoms with Gasteiger partial charge in [-0.05, 0) is 54.7 Å². The van der Waals surface area contributed by atoms with Gasteiger partial charge in [-0.2, -0.15) is 0 Å². The Bertz CT molecular complexity index is 762. The van der Waals surface area contributed by atoms with Gasteiger partial charge in [0.1, 0.15) is 5.56 Å². The molecular formula is C19H24N2O2S. The molecule has 2 aromatic heterocycles. The van der Waals surface area contributed by atoms with Crippen LogP contribution in [0.25, 0.3) is 0 Å². The molecule has 128 valence electrons. The monoisotopic (exact) mass is 344 g/mol. The van der Waals surface area contributed by atoms with Crippen molar-refractivity contribution in [3.63, 3.8) is 0 Å². The van der Waals surface area contributed by atoms with Gasteiger partial charge in [-0.1, -0.05) is 26.3 Å². The molecule has 2 N–H and O–H groups in total. The lowest BCUT2D eigenvalue weighted by molar-refractivity contribution is 0.0925. The maximum absolute atomic E-state index is 12.7. The van der Waals surface area contributed by atoms with Crippen molar-refractivity contribution in [1.29, 1.82) is 0 Å². The lowest BCUT2D eigenvalue weighted by Crippen LogP contribution is -2.35. The van der Waals surface area contributed by atoms with Crippen molar-refractivity contribution in [2.75, 3.05) is 0 Å². The standard InChI is InChI=1S/C19H24N2O2S/c1-12(2)17(16-9-6-10-24-16)21-19(23)14-11-13-7-4-3-5-8-15(13)20-18(14)22/h6,9-12,17H,3-5,7-8H2,1-2H3,(H,20,22)(H,21,23)/t17-/m1/s1. The predicted octanol–water partition coefficient (Wildman–Crippen LogP) is 3.83. The summed E-state index contributed by atoms with van der Waals surface area (Å²) in [6, 6.07) is 5.74. The quantitative estimate of drug-likeness (QED) is 0.828. The van der Waals surface area contributed by atoms with Crippen molar-refractivity contribution in [3.05, 3.63) is 55.6 Å². The van der Waals surface area contributed by atoms with Crippen LogP contribution < -0.4 is 10.9 Å². The Morgan fingerprint density at radius 3 is 2.75 bits per heavy atom. The van der Waals surface area contributed by atoms with Crippen molar-refractivity contribution in [1.82, 2.24) is 10.3 Å². The lowest BCUT2D eigenvalue weighted by Gasteiger charge is -2.21. The maximum atomic E-state index is 12.7. The molecule has 0 fully saturated rings. The topological polar surface area (TPSA) is 62.0 Å². The Hall–Kier alpha value is -1.88. The summed E-state index contributed by atoms with van der Waals surface area (Å²) < 4.78 is 0. The van der Waals surface area contributed by atoms with Crippen LogP contribution in [-0.2, 0) is 12.8 Å². The fraction of sp³-hybridized carbons (Fsp3) is 0.474. The number of pyridine rings is 1. The van der Waals surface area contributed by atoms with E-state index in [9.17, 15) is 9.59 Å². The van der Waals surface area contributed by atoms with E-state index in [-0.39, 0.29) is 29.0 Å². The van der Waals surface area contributed by atoms with Crippen LogP contribution in [-0.4, -0.2) is 10.9 Å². The normalized spacial score (nSPS) is 15.6. The number of aryl methyl sites for hydroxylation is 2. The molecule has 0 aromatic carbocycles. The van der Waals surface area contributed by atoms with Crippen LogP contribution >= 0.6 is 11.3 Å². The number of fused-ring (bicyclic) bond motifs is 1. The summed E-state index contributed by atoms with van der Waals surface area (Å²) >= 11 is 1.63. The molecule has 0 aliphatic heterocycles. The number of amides is 1. The van der Waals surface area contributed by atoms with Gasteiger partial charge in [-0.15, -0.1) is 11.3 Å². The minimum atomic E-state index is -0.282. The third-order valence-electron chi connectivity index (χ3n) is 4.64. The van der Waals surface area contributed by atoms with Crippen molar-refractivity contribution in [2.24, 2.45) is 5.92 Å². The number of nitrogens with one attached hydrogen (secondary N) is 2. The van der Waals surface area contributed by atoms with Gasteiger partial charge in [0.15, 0.2) is 0 Å². The highest BCUT2D eigenvalue weighted by atomic mass is 32.1. The molecule has 1 aliphatic rings. The van der Waals surface area contributed by atoms with Crippen molar-refractivity contribution in [2.45, 2.75) is 52.0 Å². The molecule has 4 nitrogen and oxygen atoms in total. The van der Waals surface area contributed by atoms with E-state index in [4.69, 9.17) is 0 Å². The molecule has 0 saturated heterocycles. The zero-order chi connectivity index (χ0) is 17.1. The number of carbonyl (C=O) groups excluding carboxylic acids is 1. The van der Waals surface area contributed by atoms with Gasteiger partial charge >= 0.3 is 0 Å². The van der Waals surface area contributed by atoms with Gasteiger partial charge in [-0.3, -0.25) is 9.59 Å². The molecule has 1 atom stereocenters. The van der Waals surface area contributed by atoms with Crippen molar-refractivity contribution in [3.8, 4) is 0 Å². The van der Waals surface area contributed by atoms with E-state index in [2.05, 4.69) is 24.1 Å². The number of aromatic nitrogens is 1. The number of thiophene rings is 1. The number of hydrogen-bond donors (Lipinski definition) is 2. The largest absolute Gasteiger partial charge is 0.344 e. The molecule has 0 bridgehead atoms. The van der Waals surface area contributed by atoms with E-state index in [1.54, 1.807) is 17.4 Å². The molecule has 3 rings (SSSR count). The van der Waals surface area contributed by atoms with Crippen LogP contribution in [0, 0.1) is 5.92 Å². The SMILES string of the molecule is CC(C)[C@@H](NC(=O)c1cc2c([nH]c1=O)CCCCC2)c1cccs1. The van der Waals surface area contributed by atoms with Crippen LogP contribution in [0.5, 0.6) is 0 Å². The second-order valence-corrected chi connectivity index (χ2v) is 7.77. The third-order valence-corrected chi connectivity index (χ3v) is 5.59. The first kappa shape index (κ1) is 17.0. The van der Waals surface area contributed by atoms with Gasteiger partial charge in [0, 0.05) is 10.6 Å². The maximum Gasteiger partial charge on any atom is 0.261 e. The number of rotatable bonds is 4. The third kappa shape index (κ3) is 3.61. The van der Waals surface area contributed by atoms with Gasteiger partial charge < -0.3 is 10.3 Å². The molecule has 2 heterocycles. The summed E-state index contributed by atoms with van der Waals surface area (Å²) in [5, 5.41) is 5.06. The molecule has 1 aliphatic carbocycles. The minimum Gasteiger partial charge on any atom is -0.344 e. The summed E-state index contributed by atoms with van der Waals surface area (Å²) in [5.74, 6) is -0.0251. The van der Waals surface area contributed by atoms with E-state index < -0.39 is 0 Å². The van der Waals surface area contributed by atoms with E-state index in [0.717, 1.165) is 41.8 Å². The number of carbonyl (C=O) groups is 1. The van der Waals surface area contributed by atoms with E-state index in [0.29, 0.717) is 0 Å². The number of aromatic amines is 1. The van der Waals surface area contributed by atoms with Crippen molar-refractivity contribution < 1.29 is 4.79 Å². The summed E-state index contributed by atoms with van der Waals surface area (Å²) in [5.41, 5.74) is 2.09. The Labute approximate surface area is 146 Å². The first-order chi connectivity index (χ1) is 11.6. The fourth-order valence-electron chi connectivity index (χ4n) is 3.27. The highest BCUT2D eigenvalue weighted by molar-refractivity contribution is 7.10. The highest BCUT2D eigenvalue weighted by Gasteiger charge is 2.22. The second kappa shape index (κ2) is 7.34. The van der Waals surface area contributed by atoms with Crippen LogP contribution in [0.15, 0.2) is 28.4 Å². The predicted molar refractivity (Wildman–Crippen MR) is 97.7 cm³/mol. The minimum absolute atomic E-state index is 0.0734. The van der Waals surface area contributed by atoms with Gasteiger partial charge in [0.05, 0.1) is 6.04 Å². The zero-order valence-corrected chi connectivity index (χ0v) is 15.0. The van der Waals surface area contributed by atoms with Crippen molar-refractivity contribution >= 4 is 17.2 Å². The van der Waals surface area contributed by atoms with Gasteiger partial charge in [0.25, 0.3) is 11.5 Å². The average Bonchev–Trinajstić information content (AvgIpc) is 2.97. The molecule has 0 saturated carbocycles. The average molecular weight is 344 g/mol. The Morgan fingerprint density at radius 2 is 2.04 bits per heavy atom. The summed E-state index contributed by atoms with van der Waals surface area (Å²) in [6.07, 6.45) is 5.22. The van der Waals surface area contributed by atoms with Crippen LogP contribution in [0.1, 0.15) is 65.6 Å². The zero-order valence-electron chi connectivity index (χ0n) is 14.2. The lowest BCUT2D eigenvalue weighted by atomic mass is 10.0. The summed E-state index contributed by atoms with van der Waals surface area (Å²) in [7, 11) is 0. The number of H-pyrrole nitrogens is 1. The molecular weight excluding hydrogens is 320 g/mol.